The average Bonchev–Trinajstić information content (AvgIpc) is 2.70. The van der Waals surface area contributed by atoms with Crippen LogP contribution in [-0.2, 0) is 6.54 Å². The first-order chi connectivity index (χ1) is 13.7. The topological polar surface area (TPSA) is 145 Å². The van der Waals surface area contributed by atoms with Gasteiger partial charge in [0.15, 0.2) is 0 Å². The molecule has 2 rings (SSSR count). The molecule has 0 spiro atoms. The van der Waals surface area contributed by atoms with Crippen molar-refractivity contribution in [3.63, 3.8) is 0 Å². The van der Waals surface area contributed by atoms with Gasteiger partial charge in [-0.05, 0) is 59.3 Å². The molecule has 8 nitrogen and oxygen atoms in total. The summed E-state index contributed by atoms with van der Waals surface area (Å²) < 4.78 is 1.65. The van der Waals surface area contributed by atoms with Crippen LogP contribution in [0.4, 0.5) is 5.69 Å². The molecule has 0 heterocycles. The highest BCUT2D eigenvalue weighted by Crippen LogP contribution is 2.31. The lowest BCUT2D eigenvalue weighted by Crippen LogP contribution is -2.48. The lowest BCUT2D eigenvalue weighted by atomic mass is 9.93. The number of hydrogen-bond acceptors (Lipinski definition) is 8. The van der Waals surface area contributed by atoms with Gasteiger partial charge in [-0.25, -0.2) is 0 Å². The van der Waals surface area contributed by atoms with Crippen LogP contribution < -0.4 is 10.6 Å². The Morgan fingerprint density at radius 1 is 0.966 bits per heavy atom. The second-order valence-corrected chi connectivity index (χ2v) is 9.26. The first-order valence-electron chi connectivity index (χ1n) is 9.69. The molecule has 1 aromatic carbocycles. The first-order valence-corrected chi connectivity index (χ1v) is 11.3. The number of aliphatic hydroxyl groups excluding tert-OH is 6. The molecule has 0 amide bonds. The van der Waals surface area contributed by atoms with Crippen LogP contribution in [0.25, 0.3) is 0 Å². The number of aliphatic hydroxyl groups is 6. The summed E-state index contributed by atoms with van der Waals surface area (Å²) in [5.74, 6) is 0. The number of rotatable bonds is 10. The van der Waals surface area contributed by atoms with Gasteiger partial charge in [-0.15, -0.1) is 0 Å². The molecule has 166 valence electrons. The van der Waals surface area contributed by atoms with E-state index in [9.17, 15) is 25.5 Å². The molecule has 0 aromatic heterocycles. The van der Waals surface area contributed by atoms with Crippen LogP contribution in [0.3, 0.4) is 0 Å². The van der Waals surface area contributed by atoms with E-state index >= 15 is 0 Å². The molecule has 1 aromatic rings. The maximum absolute atomic E-state index is 10.2. The summed E-state index contributed by atoms with van der Waals surface area (Å²) in [5.41, 5.74) is 1.68. The maximum Gasteiger partial charge on any atom is 0.111 e. The highest BCUT2D eigenvalue weighted by Gasteiger charge is 2.30. The van der Waals surface area contributed by atoms with Crippen molar-refractivity contribution in [2.75, 3.05) is 18.5 Å². The number of anilines is 1. The summed E-state index contributed by atoms with van der Waals surface area (Å²) in [6.45, 7) is -0.213. The second kappa shape index (κ2) is 11.9. The predicted molar refractivity (Wildman–Crippen MR) is 117 cm³/mol. The van der Waals surface area contributed by atoms with Crippen LogP contribution in [0, 0.1) is 0 Å². The van der Waals surface area contributed by atoms with Gasteiger partial charge < -0.3 is 41.3 Å². The molecule has 1 saturated carbocycles. The van der Waals surface area contributed by atoms with Crippen molar-refractivity contribution in [2.24, 2.45) is 0 Å². The minimum atomic E-state index is -1.66. The Kier molecular flexibility index (Phi) is 10.3. The predicted octanol–water partition coefficient (Wildman–Crippen LogP) is 0.452. The Morgan fingerprint density at radius 3 is 2.21 bits per heavy atom. The third kappa shape index (κ3) is 7.41. The monoisotopic (exact) mass is 540 g/mol. The minimum Gasteiger partial charge on any atom is -0.394 e. The summed E-state index contributed by atoms with van der Waals surface area (Å²) in [7, 11) is 0. The molecule has 0 unspecified atom stereocenters. The summed E-state index contributed by atoms with van der Waals surface area (Å²) >= 11 is 6.98. The van der Waals surface area contributed by atoms with Crippen molar-refractivity contribution in [2.45, 2.75) is 68.8 Å². The lowest BCUT2D eigenvalue weighted by Gasteiger charge is -2.28. The van der Waals surface area contributed by atoms with Crippen LogP contribution in [0.2, 0.25) is 0 Å². The van der Waals surface area contributed by atoms with Crippen LogP contribution >= 0.6 is 31.9 Å². The van der Waals surface area contributed by atoms with Gasteiger partial charge in [-0.2, -0.15) is 0 Å². The van der Waals surface area contributed by atoms with E-state index in [0.29, 0.717) is 12.6 Å². The van der Waals surface area contributed by atoms with Gasteiger partial charge in [0, 0.05) is 28.1 Å². The van der Waals surface area contributed by atoms with Crippen molar-refractivity contribution in [1.82, 2.24) is 5.32 Å². The molecule has 8 N–H and O–H groups in total. The third-order valence-electron chi connectivity index (χ3n) is 5.23. The molecule has 1 aliphatic carbocycles. The zero-order chi connectivity index (χ0) is 21.6. The smallest absolute Gasteiger partial charge is 0.111 e. The molecule has 1 fully saturated rings. The molecule has 29 heavy (non-hydrogen) atoms. The molecule has 10 heteroatoms. The van der Waals surface area contributed by atoms with Gasteiger partial charge in [0.25, 0.3) is 0 Å². The van der Waals surface area contributed by atoms with E-state index in [1.807, 2.05) is 12.1 Å². The van der Waals surface area contributed by atoms with E-state index in [1.54, 1.807) is 0 Å². The van der Waals surface area contributed by atoms with Crippen LogP contribution in [0.15, 0.2) is 21.1 Å². The van der Waals surface area contributed by atoms with Gasteiger partial charge in [0.2, 0.25) is 0 Å². The van der Waals surface area contributed by atoms with Crippen LogP contribution in [0.5, 0.6) is 0 Å². The van der Waals surface area contributed by atoms with E-state index in [2.05, 4.69) is 42.5 Å². The SMILES string of the molecule is OC[C@@H](O)[C@@H](O)[C@H](O)[C@@H](O)CNc1c(Br)cc(Br)cc1CNC1CCC(O)CC1. The maximum atomic E-state index is 10.2. The lowest BCUT2D eigenvalue weighted by molar-refractivity contribution is -0.111. The Hall–Kier alpha value is -0.300. The summed E-state index contributed by atoms with van der Waals surface area (Å²) in [6, 6.07) is 4.13. The van der Waals surface area contributed by atoms with E-state index < -0.39 is 31.0 Å². The Labute approximate surface area is 187 Å². The van der Waals surface area contributed by atoms with E-state index in [-0.39, 0.29) is 12.6 Å². The Bertz CT molecular complexity index is 645. The molecule has 0 aliphatic heterocycles. The van der Waals surface area contributed by atoms with Gasteiger partial charge in [0.1, 0.15) is 18.3 Å². The van der Waals surface area contributed by atoms with Crippen LogP contribution in [0.1, 0.15) is 31.2 Å². The van der Waals surface area contributed by atoms with Gasteiger partial charge in [0.05, 0.1) is 24.5 Å². The van der Waals surface area contributed by atoms with E-state index in [4.69, 9.17) is 5.11 Å². The Balaban J connectivity index is 2.00. The third-order valence-corrected chi connectivity index (χ3v) is 6.31. The van der Waals surface area contributed by atoms with Crippen LogP contribution in [-0.4, -0.2) is 80.4 Å². The second-order valence-electron chi connectivity index (χ2n) is 7.49. The van der Waals surface area contributed by atoms with Crippen molar-refractivity contribution < 1.29 is 30.6 Å². The quantitative estimate of drug-likeness (QED) is 0.213. The van der Waals surface area contributed by atoms with Gasteiger partial charge in [-0.1, -0.05) is 15.9 Å². The number of benzene rings is 1. The van der Waals surface area contributed by atoms with Crippen molar-refractivity contribution >= 4 is 37.5 Å². The van der Waals surface area contributed by atoms with E-state index in [0.717, 1.165) is 45.9 Å². The highest BCUT2D eigenvalue weighted by molar-refractivity contribution is 9.11. The fourth-order valence-electron chi connectivity index (χ4n) is 3.39. The largest absolute Gasteiger partial charge is 0.394 e. The standard InChI is InChI=1S/C19H30Br2N2O6/c20-11-5-10(7-22-12-1-3-13(25)4-2-12)17(14(21)6-11)23-8-15(26)18(28)19(29)16(27)9-24/h5-6,12-13,15-16,18-19,22-29H,1-4,7-9H2/t12?,13?,15-,16+,18+,19+/m0/s1. The Morgan fingerprint density at radius 2 is 1.59 bits per heavy atom. The van der Waals surface area contributed by atoms with Crippen molar-refractivity contribution in [3.8, 4) is 0 Å². The summed E-state index contributed by atoms with van der Waals surface area (Å²) in [6.07, 6.45) is -2.98. The number of hydrogen-bond donors (Lipinski definition) is 8. The zero-order valence-corrected chi connectivity index (χ0v) is 19.2. The molecule has 0 radical (unpaired) electrons. The molecular formula is C19H30Br2N2O6. The minimum absolute atomic E-state index is 0.0702. The van der Waals surface area contributed by atoms with Gasteiger partial charge in [-0.3, -0.25) is 0 Å². The summed E-state index contributed by atoms with van der Waals surface area (Å²) in [4.78, 5) is 0. The molecular weight excluding hydrogens is 512 g/mol. The highest BCUT2D eigenvalue weighted by atomic mass is 79.9. The molecule has 0 saturated heterocycles. The van der Waals surface area contributed by atoms with Crippen molar-refractivity contribution in [1.29, 1.82) is 0 Å². The fourth-order valence-corrected chi connectivity index (χ4v) is 4.84. The summed E-state index contributed by atoms with van der Waals surface area (Å²) in [5, 5.41) is 64.4. The van der Waals surface area contributed by atoms with E-state index in [1.165, 1.54) is 0 Å². The normalized spacial score (nSPS) is 24.0. The molecule has 1 aliphatic rings. The van der Waals surface area contributed by atoms with Crippen molar-refractivity contribution in [3.05, 3.63) is 26.6 Å². The molecule has 4 atom stereocenters. The number of nitrogens with one attached hydrogen (secondary N) is 2. The average molecular weight is 542 g/mol. The first kappa shape index (κ1) is 25.0. The number of halogens is 2. The fraction of sp³-hybridized carbons (Fsp3) is 0.684. The zero-order valence-electron chi connectivity index (χ0n) is 16.0. The van der Waals surface area contributed by atoms with Gasteiger partial charge >= 0.3 is 0 Å². The molecule has 0 bridgehead atoms.